The van der Waals surface area contributed by atoms with E-state index >= 15 is 0 Å². The number of benzene rings is 2. The van der Waals surface area contributed by atoms with Crippen LogP contribution in [0.5, 0.6) is 0 Å². The van der Waals surface area contributed by atoms with Gasteiger partial charge in [-0.3, -0.25) is 14.2 Å². The summed E-state index contributed by atoms with van der Waals surface area (Å²) in [7, 11) is 0. The summed E-state index contributed by atoms with van der Waals surface area (Å²) in [5.74, 6) is -1.81. The zero-order chi connectivity index (χ0) is 22.5. The van der Waals surface area contributed by atoms with Crippen molar-refractivity contribution < 1.29 is 18.7 Å². The van der Waals surface area contributed by atoms with Crippen LogP contribution in [0.2, 0.25) is 5.02 Å². The lowest BCUT2D eigenvalue weighted by Crippen LogP contribution is -2.35. The van der Waals surface area contributed by atoms with Crippen LogP contribution in [0.25, 0.3) is 11.4 Å². The van der Waals surface area contributed by atoms with Crippen LogP contribution in [0.3, 0.4) is 0 Å². The molecule has 0 aliphatic rings. The van der Waals surface area contributed by atoms with Crippen molar-refractivity contribution in [3.63, 3.8) is 0 Å². The lowest BCUT2D eigenvalue weighted by molar-refractivity contribution is -0.121. The number of nitrogens with zero attached hydrogens (tertiary/aromatic N) is 2. The van der Waals surface area contributed by atoms with Crippen LogP contribution in [0.1, 0.15) is 16.8 Å². The second kappa shape index (κ2) is 9.80. The molecule has 0 aliphatic heterocycles. The summed E-state index contributed by atoms with van der Waals surface area (Å²) >= 11 is 6.07. The molecular weight excluding hydrogens is 428 g/mol. The number of amides is 1. The monoisotopic (exact) mass is 447 g/mol. The third kappa shape index (κ3) is 5.34. The number of aryl methyl sites for hydroxylation is 1. The van der Waals surface area contributed by atoms with Crippen molar-refractivity contribution in [2.45, 2.75) is 26.4 Å². The van der Waals surface area contributed by atoms with E-state index in [1.165, 1.54) is 10.6 Å². The van der Waals surface area contributed by atoms with Gasteiger partial charge in [0.15, 0.2) is 0 Å². The third-order valence-corrected chi connectivity index (χ3v) is 4.94. The molecule has 0 unspecified atom stereocenters. The van der Waals surface area contributed by atoms with Gasteiger partial charge in [-0.25, -0.2) is 13.8 Å². The maximum Gasteiger partial charge on any atom is 0.257 e. The summed E-state index contributed by atoms with van der Waals surface area (Å²) in [4.78, 5) is 30.1. The van der Waals surface area contributed by atoms with E-state index in [0.29, 0.717) is 21.8 Å². The Bertz CT molecular complexity index is 1180. The summed E-state index contributed by atoms with van der Waals surface area (Å²) in [6.45, 7) is 0.858. The van der Waals surface area contributed by atoms with Crippen molar-refractivity contribution in [3.8, 4) is 11.4 Å². The Balaban J connectivity index is 1.93. The summed E-state index contributed by atoms with van der Waals surface area (Å²) in [5.41, 5.74) is 0.935. The van der Waals surface area contributed by atoms with E-state index in [1.54, 1.807) is 31.2 Å². The fourth-order valence-electron chi connectivity index (χ4n) is 3.15. The number of aliphatic hydroxyl groups excluding tert-OH is 1. The van der Waals surface area contributed by atoms with Crippen LogP contribution in [0.4, 0.5) is 8.78 Å². The molecule has 0 saturated heterocycles. The number of nitrogens with one attached hydrogen (secondary N) is 1. The number of aliphatic hydroxyl groups is 1. The second-order valence-corrected chi connectivity index (χ2v) is 7.32. The highest BCUT2D eigenvalue weighted by Crippen LogP contribution is 2.21. The van der Waals surface area contributed by atoms with E-state index in [4.69, 9.17) is 11.6 Å². The average Bonchev–Trinajstić information content (AvgIpc) is 2.72. The molecule has 31 heavy (non-hydrogen) atoms. The Morgan fingerprint density at radius 3 is 2.68 bits per heavy atom. The lowest BCUT2D eigenvalue weighted by atomic mass is 10.1. The molecule has 6 nitrogen and oxygen atoms in total. The molecule has 1 amide bonds. The molecule has 3 rings (SSSR count). The van der Waals surface area contributed by atoms with Gasteiger partial charge in [0.1, 0.15) is 24.0 Å². The predicted molar refractivity (Wildman–Crippen MR) is 113 cm³/mol. The summed E-state index contributed by atoms with van der Waals surface area (Å²) in [6, 6.07) is 9.76. The minimum absolute atomic E-state index is 0.0932. The van der Waals surface area contributed by atoms with Crippen LogP contribution >= 0.6 is 11.6 Å². The first-order chi connectivity index (χ1) is 14.8. The highest BCUT2D eigenvalue weighted by Gasteiger charge is 2.18. The molecule has 0 radical (unpaired) electrons. The summed E-state index contributed by atoms with van der Waals surface area (Å²) < 4.78 is 28.0. The molecular formula is C22H20ClF2N3O3. The van der Waals surface area contributed by atoms with E-state index in [9.17, 15) is 23.5 Å². The van der Waals surface area contributed by atoms with Gasteiger partial charge < -0.3 is 10.4 Å². The van der Waals surface area contributed by atoms with Crippen molar-refractivity contribution in [1.29, 1.82) is 0 Å². The molecule has 0 fully saturated rings. The van der Waals surface area contributed by atoms with E-state index < -0.39 is 23.1 Å². The minimum atomic E-state index is -0.778. The van der Waals surface area contributed by atoms with Gasteiger partial charge in [0.25, 0.3) is 5.56 Å². The average molecular weight is 448 g/mol. The highest BCUT2D eigenvalue weighted by atomic mass is 35.5. The molecule has 0 bridgehead atoms. The lowest BCUT2D eigenvalue weighted by Gasteiger charge is -2.16. The number of hydrogen-bond donors (Lipinski definition) is 2. The fourth-order valence-corrected chi connectivity index (χ4v) is 3.34. The SMILES string of the molecule is Cc1nc(-c2cccc(Cl)c2)n(CC(=O)NCc2ccc(F)cc2F)c(=O)c1CCO. The molecule has 2 aromatic carbocycles. The fraction of sp³-hybridized carbons (Fsp3) is 0.227. The zero-order valence-electron chi connectivity index (χ0n) is 16.7. The minimum Gasteiger partial charge on any atom is -0.396 e. The van der Waals surface area contributed by atoms with Crippen LogP contribution in [0, 0.1) is 18.6 Å². The Morgan fingerprint density at radius 1 is 1.23 bits per heavy atom. The van der Waals surface area contributed by atoms with Gasteiger partial charge in [-0.2, -0.15) is 0 Å². The first kappa shape index (κ1) is 22.6. The second-order valence-electron chi connectivity index (χ2n) is 6.89. The largest absolute Gasteiger partial charge is 0.396 e. The number of rotatable bonds is 7. The molecule has 9 heteroatoms. The maximum absolute atomic E-state index is 13.8. The first-order valence-electron chi connectivity index (χ1n) is 9.48. The molecule has 0 saturated carbocycles. The van der Waals surface area contributed by atoms with Crippen LogP contribution in [-0.4, -0.2) is 27.2 Å². The van der Waals surface area contributed by atoms with E-state index in [1.807, 2.05) is 0 Å². The quantitative estimate of drug-likeness (QED) is 0.583. The van der Waals surface area contributed by atoms with Crippen molar-refractivity contribution >= 4 is 17.5 Å². The van der Waals surface area contributed by atoms with Gasteiger partial charge in [-0.1, -0.05) is 29.8 Å². The third-order valence-electron chi connectivity index (χ3n) is 4.71. The molecule has 2 N–H and O–H groups in total. The van der Waals surface area contributed by atoms with Gasteiger partial charge >= 0.3 is 0 Å². The summed E-state index contributed by atoms with van der Waals surface area (Å²) in [6.07, 6.45) is 0.0932. The van der Waals surface area contributed by atoms with Crippen LogP contribution < -0.4 is 10.9 Å². The Morgan fingerprint density at radius 2 is 2.00 bits per heavy atom. The standard InChI is InChI=1S/C22H20ClF2N3O3/c1-13-18(7-8-29)22(31)28(21(27-13)14-3-2-4-16(23)9-14)12-20(30)26-11-15-5-6-17(24)10-19(15)25/h2-6,9-10,29H,7-8,11-12H2,1H3,(H,26,30). The van der Waals surface area contributed by atoms with Gasteiger partial charge in [0.05, 0.1) is 0 Å². The number of aromatic nitrogens is 2. The van der Waals surface area contributed by atoms with Gasteiger partial charge in [-0.05, 0) is 25.1 Å². The number of hydrogen-bond acceptors (Lipinski definition) is 4. The van der Waals surface area contributed by atoms with E-state index in [2.05, 4.69) is 10.3 Å². The normalized spacial score (nSPS) is 10.9. The Labute approximate surface area is 182 Å². The summed E-state index contributed by atoms with van der Waals surface area (Å²) in [5, 5.41) is 12.2. The van der Waals surface area contributed by atoms with E-state index in [-0.39, 0.29) is 37.5 Å². The molecule has 0 atom stereocenters. The van der Waals surface area contributed by atoms with Crippen LogP contribution in [0.15, 0.2) is 47.3 Å². The number of halogens is 3. The van der Waals surface area contributed by atoms with Crippen molar-refractivity contribution in [3.05, 3.63) is 86.3 Å². The van der Waals surface area contributed by atoms with Crippen molar-refractivity contribution in [2.24, 2.45) is 0 Å². The molecule has 0 aliphatic carbocycles. The molecule has 1 heterocycles. The van der Waals surface area contributed by atoms with Gasteiger partial charge in [0, 0.05) is 53.0 Å². The number of carbonyl (C=O) groups is 1. The molecule has 162 valence electrons. The number of carbonyl (C=O) groups excluding carboxylic acids is 1. The Kier molecular flexibility index (Phi) is 7.14. The first-order valence-corrected chi connectivity index (χ1v) is 9.85. The maximum atomic E-state index is 13.8. The van der Waals surface area contributed by atoms with Crippen LogP contribution in [-0.2, 0) is 24.3 Å². The van der Waals surface area contributed by atoms with Gasteiger partial charge in [-0.15, -0.1) is 0 Å². The van der Waals surface area contributed by atoms with Gasteiger partial charge in [0.2, 0.25) is 5.91 Å². The highest BCUT2D eigenvalue weighted by molar-refractivity contribution is 6.30. The van der Waals surface area contributed by atoms with Crippen molar-refractivity contribution in [1.82, 2.24) is 14.9 Å². The topological polar surface area (TPSA) is 84.2 Å². The Hall–Kier alpha value is -3.10. The zero-order valence-corrected chi connectivity index (χ0v) is 17.4. The van der Waals surface area contributed by atoms with E-state index in [0.717, 1.165) is 12.1 Å². The molecule has 3 aromatic rings. The van der Waals surface area contributed by atoms with Crippen molar-refractivity contribution in [2.75, 3.05) is 6.61 Å². The predicted octanol–water partition coefficient (Wildman–Crippen LogP) is 3.00. The molecule has 1 aromatic heterocycles. The smallest absolute Gasteiger partial charge is 0.257 e. The molecule has 0 spiro atoms.